The minimum absolute atomic E-state index is 0.0199. The van der Waals surface area contributed by atoms with Crippen molar-refractivity contribution in [2.75, 3.05) is 44.3 Å². The van der Waals surface area contributed by atoms with Gasteiger partial charge in [-0.05, 0) is 95.3 Å². The first-order valence-corrected chi connectivity index (χ1v) is 10.8. The monoisotopic (exact) mass is 411 g/mol. The number of amides is 1. The number of nitrogens with one attached hydrogen (secondary N) is 1. The zero-order valence-electron chi connectivity index (χ0n) is 17.5. The van der Waals surface area contributed by atoms with Gasteiger partial charge in [0, 0.05) is 17.5 Å². The predicted octanol–water partition coefficient (Wildman–Crippen LogP) is 3.21. The minimum atomic E-state index is -0.297. The third-order valence-corrected chi connectivity index (χ3v) is 6.41. The van der Waals surface area contributed by atoms with Crippen LogP contribution in [-0.4, -0.2) is 60.0 Å². The van der Waals surface area contributed by atoms with Gasteiger partial charge < -0.3 is 20.9 Å². The fourth-order valence-electron chi connectivity index (χ4n) is 4.46. The lowest BCUT2D eigenvalue weighted by atomic mass is 9.93. The van der Waals surface area contributed by atoms with E-state index in [-0.39, 0.29) is 17.6 Å². The summed E-state index contributed by atoms with van der Waals surface area (Å²) in [6, 6.07) is 10.3. The van der Waals surface area contributed by atoms with E-state index in [1.807, 2.05) is 0 Å². The lowest BCUT2D eigenvalue weighted by molar-refractivity contribution is -0.121. The molecule has 0 bridgehead atoms. The molecule has 3 N–H and O–H groups in total. The number of carbonyl (C=O) groups excluding carboxylic acids is 1. The van der Waals surface area contributed by atoms with E-state index in [1.165, 1.54) is 25.0 Å². The Labute approximate surface area is 177 Å². The van der Waals surface area contributed by atoms with Crippen LogP contribution in [0.15, 0.2) is 36.4 Å². The largest absolute Gasteiger partial charge is 0.396 e. The zero-order valence-corrected chi connectivity index (χ0v) is 17.5. The van der Waals surface area contributed by atoms with Crippen molar-refractivity contribution in [3.05, 3.63) is 42.2 Å². The van der Waals surface area contributed by atoms with E-state index in [4.69, 9.17) is 5.73 Å². The van der Waals surface area contributed by atoms with Crippen molar-refractivity contribution < 1.29 is 9.18 Å². The van der Waals surface area contributed by atoms with E-state index in [1.54, 1.807) is 24.3 Å². The Bertz CT molecular complexity index is 872. The van der Waals surface area contributed by atoms with Crippen molar-refractivity contribution in [3.8, 4) is 11.3 Å². The van der Waals surface area contributed by atoms with E-state index in [0.29, 0.717) is 23.2 Å². The Morgan fingerprint density at radius 1 is 1.03 bits per heavy atom. The van der Waals surface area contributed by atoms with Crippen molar-refractivity contribution in [3.63, 3.8) is 0 Å². The van der Waals surface area contributed by atoms with Gasteiger partial charge in [0.25, 0.3) is 0 Å². The molecular weight excluding hydrogens is 381 g/mol. The van der Waals surface area contributed by atoms with E-state index in [2.05, 4.69) is 27.1 Å². The second-order valence-electron chi connectivity index (χ2n) is 8.48. The van der Waals surface area contributed by atoms with E-state index in [0.717, 1.165) is 44.6 Å². The Balaban J connectivity index is 1.36. The van der Waals surface area contributed by atoms with Gasteiger partial charge in [0.1, 0.15) is 5.82 Å². The van der Waals surface area contributed by atoms with Crippen LogP contribution in [0.2, 0.25) is 0 Å². The molecule has 0 atom stereocenters. The number of piperidine rings is 2. The summed E-state index contributed by atoms with van der Waals surface area (Å²) in [5.41, 5.74) is 7.91. The van der Waals surface area contributed by atoms with Crippen LogP contribution in [0.3, 0.4) is 0 Å². The first kappa shape index (κ1) is 20.8. The molecule has 0 unspecified atom stereocenters. The molecule has 2 fully saturated rings. The molecule has 30 heavy (non-hydrogen) atoms. The van der Waals surface area contributed by atoms with Crippen molar-refractivity contribution in [1.82, 2.24) is 14.8 Å². The molecule has 1 aromatic heterocycles. The highest BCUT2D eigenvalue weighted by molar-refractivity contribution is 5.94. The van der Waals surface area contributed by atoms with Gasteiger partial charge >= 0.3 is 0 Å². The molecule has 2 saturated heterocycles. The molecular formula is C23H30FN5O. The number of benzene rings is 1. The highest BCUT2D eigenvalue weighted by atomic mass is 19.1. The molecule has 0 radical (unpaired) electrons. The summed E-state index contributed by atoms with van der Waals surface area (Å²) in [4.78, 5) is 22.3. The molecule has 7 heteroatoms. The average Bonchev–Trinajstić information content (AvgIpc) is 2.76. The Morgan fingerprint density at radius 3 is 2.37 bits per heavy atom. The number of likely N-dealkylation sites (tertiary alicyclic amines) is 2. The number of nitrogen functional groups attached to an aromatic ring is 1. The first-order valence-electron chi connectivity index (χ1n) is 10.8. The van der Waals surface area contributed by atoms with Gasteiger partial charge in [-0.2, -0.15) is 0 Å². The maximum absolute atomic E-state index is 13.2. The summed E-state index contributed by atoms with van der Waals surface area (Å²) < 4.78 is 13.2. The molecule has 4 rings (SSSR count). The lowest BCUT2D eigenvalue weighted by Gasteiger charge is -2.40. The summed E-state index contributed by atoms with van der Waals surface area (Å²) in [5.74, 6) is 0.0329. The topological polar surface area (TPSA) is 74.5 Å². The number of nitrogens with zero attached hydrogens (tertiary/aromatic N) is 3. The molecule has 0 spiro atoms. The number of carbonyl (C=O) groups is 1. The number of anilines is 2. The van der Waals surface area contributed by atoms with E-state index >= 15 is 0 Å². The molecule has 6 nitrogen and oxygen atoms in total. The number of nitrogens with two attached hydrogens (primary N) is 1. The molecule has 1 aromatic carbocycles. The maximum atomic E-state index is 13.2. The van der Waals surface area contributed by atoms with Crippen molar-refractivity contribution in [1.29, 1.82) is 0 Å². The van der Waals surface area contributed by atoms with Gasteiger partial charge in [-0.3, -0.25) is 4.79 Å². The summed E-state index contributed by atoms with van der Waals surface area (Å²) in [6.07, 6.45) is 4.14. The van der Waals surface area contributed by atoms with E-state index in [9.17, 15) is 9.18 Å². The van der Waals surface area contributed by atoms with Crippen molar-refractivity contribution >= 4 is 17.4 Å². The van der Waals surface area contributed by atoms with Crippen LogP contribution >= 0.6 is 0 Å². The Morgan fingerprint density at radius 2 is 1.70 bits per heavy atom. The number of rotatable bonds is 4. The molecule has 2 aliphatic heterocycles. The second kappa shape index (κ2) is 9.10. The smallest absolute Gasteiger partial charge is 0.228 e. The molecule has 2 aromatic rings. The number of hydrogen-bond donors (Lipinski definition) is 2. The number of aromatic nitrogens is 1. The Hall–Kier alpha value is -2.51. The molecule has 3 heterocycles. The zero-order chi connectivity index (χ0) is 21.1. The SMILES string of the molecule is CN1CCC(N2CCC(C(=O)Nc3nc(-c4ccc(F)cc4)ccc3N)CC2)CC1. The fraction of sp³-hybridized carbons (Fsp3) is 0.478. The predicted molar refractivity (Wildman–Crippen MR) is 117 cm³/mol. The fourth-order valence-corrected chi connectivity index (χ4v) is 4.46. The van der Waals surface area contributed by atoms with Gasteiger partial charge in [0.05, 0.1) is 11.4 Å². The lowest BCUT2D eigenvalue weighted by Crippen LogP contribution is -2.48. The number of pyridine rings is 1. The number of hydrogen-bond acceptors (Lipinski definition) is 5. The van der Waals surface area contributed by atoms with Crippen LogP contribution in [-0.2, 0) is 4.79 Å². The van der Waals surface area contributed by atoms with Crippen LogP contribution < -0.4 is 11.1 Å². The van der Waals surface area contributed by atoms with Gasteiger partial charge in [0.15, 0.2) is 5.82 Å². The minimum Gasteiger partial charge on any atom is -0.396 e. The quantitative estimate of drug-likeness (QED) is 0.808. The number of halogens is 1. The van der Waals surface area contributed by atoms with Gasteiger partial charge in [-0.1, -0.05) is 0 Å². The maximum Gasteiger partial charge on any atom is 0.228 e. The summed E-state index contributed by atoms with van der Waals surface area (Å²) >= 11 is 0. The summed E-state index contributed by atoms with van der Waals surface area (Å²) in [7, 11) is 2.18. The highest BCUT2D eigenvalue weighted by Gasteiger charge is 2.30. The van der Waals surface area contributed by atoms with Crippen LogP contribution in [0.25, 0.3) is 11.3 Å². The summed E-state index contributed by atoms with van der Waals surface area (Å²) in [5, 5.41) is 2.93. The highest BCUT2D eigenvalue weighted by Crippen LogP contribution is 2.27. The van der Waals surface area contributed by atoms with Gasteiger partial charge in [0.2, 0.25) is 5.91 Å². The Kier molecular flexibility index (Phi) is 6.29. The molecule has 0 aliphatic carbocycles. The van der Waals surface area contributed by atoms with Crippen LogP contribution in [0.1, 0.15) is 25.7 Å². The summed E-state index contributed by atoms with van der Waals surface area (Å²) in [6.45, 7) is 4.23. The van der Waals surface area contributed by atoms with Crippen molar-refractivity contribution in [2.24, 2.45) is 5.92 Å². The van der Waals surface area contributed by atoms with Crippen molar-refractivity contribution in [2.45, 2.75) is 31.7 Å². The van der Waals surface area contributed by atoms with Crippen LogP contribution in [0.5, 0.6) is 0 Å². The van der Waals surface area contributed by atoms with Crippen LogP contribution in [0, 0.1) is 11.7 Å². The average molecular weight is 412 g/mol. The molecule has 1 amide bonds. The van der Waals surface area contributed by atoms with E-state index < -0.39 is 0 Å². The third-order valence-electron chi connectivity index (χ3n) is 6.41. The van der Waals surface area contributed by atoms with Crippen LogP contribution in [0.4, 0.5) is 15.9 Å². The van der Waals surface area contributed by atoms with Gasteiger partial charge in [-0.25, -0.2) is 9.37 Å². The third kappa shape index (κ3) is 4.79. The van der Waals surface area contributed by atoms with Gasteiger partial charge in [-0.15, -0.1) is 0 Å². The normalized spacial score (nSPS) is 19.7. The molecule has 0 saturated carbocycles. The first-order chi connectivity index (χ1) is 14.5. The second-order valence-corrected chi connectivity index (χ2v) is 8.48. The standard InChI is InChI=1S/C23H30FN5O/c1-28-12-10-19(11-13-28)29-14-8-17(9-15-29)23(30)27-22-20(25)6-7-21(26-22)16-2-4-18(24)5-3-16/h2-7,17,19H,8-15,25H2,1H3,(H,26,27,30). The molecule has 2 aliphatic rings. The molecule has 160 valence electrons.